The van der Waals surface area contributed by atoms with Gasteiger partial charge in [-0.3, -0.25) is 0 Å². The molecule has 1 rings (SSSR count). The van der Waals surface area contributed by atoms with Crippen molar-refractivity contribution in [3.8, 4) is 5.75 Å². The molecule has 0 fully saturated rings. The predicted octanol–water partition coefficient (Wildman–Crippen LogP) is 0.937. The van der Waals surface area contributed by atoms with Gasteiger partial charge >= 0.3 is 12.0 Å². The second-order valence-corrected chi connectivity index (χ2v) is 3.77. The molecule has 7 heteroatoms. The monoisotopic (exact) mass is 268 g/mol. The Morgan fingerprint density at radius 1 is 1.37 bits per heavy atom. The molecule has 7 nitrogen and oxygen atoms in total. The lowest BCUT2D eigenvalue weighted by Crippen LogP contribution is -2.36. The summed E-state index contributed by atoms with van der Waals surface area (Å²) in [5.41, 5.74) is -0.0282. The van der Waals surface area contributed by atoms with Gasteiger partial charge in [0.25, 0.3) is 0 Å². The minimum absolute atomic E-state index is 0.156. The van der Waals surface area contributed by atoms with E-state index in [-0.39, 0.29) is 30.2 Å². The highest BCUT2D eigenvalue weighted by Gasteiger charge is 2.14. The third-order valence-electron chi connectivity index (χ3n) is 2.52. The lowest BCUT2D eigenvalue weighted by atomic mass is 10.2. The van der Waals surface area contributed by atoms with Crippen LogP contribution in [0.3, 0.4) is 0 Å². The summed E-state index contributed by atoms with van der Waals surface area (Å²) in [5, 5.41) is 29.5. The van der Waals surface area contributed by atoms with Crippen molar-refractivity contribution in [3.05, 3.63) is 23.8 Å². The number of phenols is 1. The summed E-state index contributed by atoms with van der Waals surface area (Å²) in [4.78, 5) is 24.0. The number of anilines is 1. The number of carboxylic acids is 1. The van der Waals surface area contributed by atoms with E-state index in [1.165, 1.54) is 23.1 Å². The van der Waals surface area contributed by atoms with Crippen LogP contribution in [0.1, 0.15) is 17.3 Å². The molecule has 1 aromatic carbocycles. The van der Waals surface area contributed by atoms with Crippen molar-refractivity contribution < 1.29 is 24.9 Å². The van der Waals surface area contributed by atoms with Gasteiger partial charge in [0.1, 0.15) is 11.3 Å². The molecule has 0 atom stereocenters. The maximum atomic E-state index is 11.8. The number of hydrogen-bond acceptors (Lipinski definition) is 4. The Morgan fingerprint density at radius 3 is 2.58 bits per heavy atom. The van der Waals surface area contributed by atoms with Crippen LogP contribution >= 0.6 is 0 Å². The Hall–Kier alpha value is -2.28. The Morgan fingerprint density at radius 2 is 2.05 bits per heavy atom. The van der Waals surface area contributed by atoms with Crippen LogP contribution in [0, 0.1) is 0 Å². The first-order valence-corrected chi connectivity index (χ1v) is 5.72. The molecule has 0 saturated heterocycles. The normalized spacial score (nSPS) is 10.0. The maximum absolute atomic E-state index is 11.8. The standard InChI is InChI=1S/C12H16N2O5/c1-2-14(5-6-15)12(19)13-8-3-4-10(16)9(7-8)11(17)18/h3-4,7,15-16H,2,5-6H2,1H3,(H,13,19)(H,17,18). The number of carbonyl (C=O) groups is 2. The summed E-state index contributed by atoms with van der Waals surface area (Å²) in [6.45, 7) is 2.20. The molecule has 104 valence electrons. The quantitative estimate of drug-likeness (QED) is 0.594. The molecule has 0 unspecified atom stereocenters. The molecule has 0 aromatic heterocycles. The topological polar surface area (TPSA) is 110 Å². The number of aliphatic hydroxyl groups excluding tert-OH is 1. The van der Waals surface area contributed by atoms with E-state index in [4.69, 9.17) is 10.2 Å². The highest BCUT2D eigenvalue weighted by molar-refractivity contribution is 5.95. The van der Waals surface area contributed by atoms with Crippen molar-refractivity contribution in [1.29, 1.82) is 0 Å². The van der Waals surface area contributed by atoms with Crippen molar-refractivity contribution >= 4 is 17.7 Å². The summed E-state index contributed by atoms with van der Waals surface area (Å²) in [5.74, 6) is -1.65. The van der Waals surface area contributed by atoms with Crippen molar-refractivity contribution in [3.63, 3.8) is 0 Å². The van der Waals surface area contributed by atoms with Crippen LogP contribution in [-0.4, -0.2) is 51.9 Å². The minimum Gasteiger partial charge on any atom is -0.507 e. The molecule has 0 heterocycles. The predicted molar refractivity (Wildman–Crippen MR) is 68.4 cm³/mol. The number of rotatable bonds is 5. The summed E-state index contributed by atoms with van der Waals surface area (Å²) >= 11 is 0. The molecule has 0 aliphatic carbocycles. The van der Waals surface area contributed by atoms with Crippen LogP contribution in [0.5, 0.6) is 5.75 Å². The zero-order chi connectivity index (χ0) is 14.4. The number of urea groups is 1. The van der Waals surface area contributed by atoms with E-state index < -0.39 is 12.0 Å². The average Bonchev–Trinajstić information content (AvgIpc) is 2.37. The summed E-state index contributed by atoms with van der Waals surface area (Å²) in [7, 11) is 0. The number of aliphatic hydroxyl groups is 1. The number of aromatic carboxylic acids is 1. The number of carbonyl (C=O) groups excluding carboxylic acids is 1. The third kappa shape index (κ3) is 3.85. The Bertz CT molecular complexity index is 475. The van der Waals surface area contributed by atoms with Gasteiger partial charge in [0.15, 0.2) is 0 Å². The largest absolute Gasteiger partial charge is 0.507 e. The number of likely N-dealkylation sites (N-methyl/N-ethyl adjacent to an activating group) is 1. The Labute approximate surface area is 110 Å². The minimum atomic E-state index is -1.28. The lowest BCUT2D eigenvalue weighted by molar-refractivity contribution is 0.0693. The molecule has 0 aliphatic heterocycles. The second kappa shape index (κ2) is 6.60. The van der Waals surface area contributed by atoms with Crippen LogP contribution < -0.4 is 5.32 Å². The van der Waals surface area contributed by atoms with E-state index in [2.05, 4.69) is 5.32 Å². The van der Waals surface area contributed by atoms with Crippen molar-refractivity contribution in [2.45, 2.75) is 6.92 Å². The Kier molecular flexibility index (Phi) is 5.13. The van der Waals surface area contributed by atoms with Crippen LogP contribution in [0.4, 0.5) is 10.5 Å². The number of carboxylic acid groups (broad SMARTS) is 1. The number of nitrogens with one attached hydrogen (secondary N) is 1. The highest BCUT2D eigenvalue weighted by Crippen LogP contribution is 2.21. The third-order valence-corrected chi connectivity index (χ3v) is 2.52. The summed E-state index contributed by atoms with van der Waals surface area (Å²) in [6.07, 6.45) is 0. The van der Waals surface area contributed by atoms with E-state index >= 15 is 0 Å². The molecule has 2 amide bonds. The zero-order valence-electron chi connectivity index (χ0n) is 10.5. The second-order valence-electron chi connectivity index (χ2n) is 3.77. The van der Waals surface area contributed by atoms with Gasteiger partial charge in [-0.15, -0.1) is 0 Å². The van der Waals surface area contributed by atoms with Gasteiger partial charge in [0.05, 0.1) is 6.61 Å². The number of hydrogen-bond donors (Lipinski definition) is 4. The summed E-state index contributed by atoms with van der Waals surface area (Å²) in [6, 6.07) is 3.31. The fraction of sp³-hybridized carbons (Fsp3) is 0.333. The first-order chi connectivity index (χ1) is 8.99. The molecule has 0 aliphatic rings. The van der Waals surface area contributed by atoms with E-state index in [0.29, 0.717) is 6.54 Å². The smallest absolute Gasteiger partial charge is 0.339 e. The van der Waals surface area contributed by atoms with Gasteiger partial charge in [-0.1, -0.05) is 0 Å². The molecule has 1 aromatic rings. The van der Waals surface area contributed by atoms with Gasteiger partial charge in [0.2, 0.25) is 0 Å². The van der Waals surface area contributed by atoms with Gasteiger partial charge in [0, 0.05) is 18.8 Å². The molecule has 19 heavy (non-hydrogen) atoms. The van der Waals surface area contributed by atoms with Crippen LogP contribution in [0.15, 0.2) is 18.2 Å². The number of amides is 2. The van der Waals surface area contributed by atoms with Gasteiger partial charge in [-0.05, 0) is 25.1 Å². The number of nitrogens with zero attached hydrogens (tertiary/aromatic N) is 1. The number of aromatic hydroxyl groups is 1. The van der Waals surface area contributed by atoms with Gasteiger partial charge in [-0.2, -0.15) is 0 Å². The fourth-order valence-corrected chi connectivity index (χ4v) is 1.51. The van der Waals surface area contributed by atoms with Crippen LogP contribution in [0.2, 0.25) is 0 Å². The zero-order valence-corrected chi connectivity index (χ0v) is 10.5. The molecule has 4 N–H and O–H groups in total. The average molecular weight is 268 g/mol. The van der Waals surface area contributed by atoms with E-state index in [0.717, 1.165) is 0 Å². The van der Waals surface area contributed by atoms with Gasteiger partial charge < -0.3 is 25.5 Å². The van der Waals surface area contributed by atoms with Crippen molar-refractivity contribution in [2.24, 2.45) is 0 Å². The Balaban J connectivity index is 2.85. The van der Waals surface area contributed by atoms with E-state index in [1.807, 2.05) is 0 Å². The van der Waals surface area contributed by atoms with Crippen molar-refractivity contribution in [1.82, 2.24) is 4.90 Å². The van der Waals surface area contributed by atoms with Crippen LogP contribution in [0.25, 0.3) is 0 Å². The maximum Gasteiger partial charge on any atom is 0.339 e. The van der Waals surface area contributed by atoms with Crippen LogP contribution in [-0.2, 0) is 0 Å². The van der Waals surface area contributed by atoms with E-state index in [1.54, 1.807) is 6.92 Å². The molecular formula is C12H16N2O5. The molecule has 0 saturated carbocycles. The first-order valence-electron chi connectivity index (χ1n) is 5.72. The highest BCUT2D eigenvalue weighted by atomic mass is 16.4. The first kappa shape index (κ1) is 14.8. The van der Waals surface area contributed by atoms with Crippen molar-refractivity contribution in [2.75, 3.05) is 25.0 Å². The molecule has 0 bridgehead atoms. The number of benzene rings is 1. The SMILES string of the molecule is CCN(CCO)C(=O)Nc1ccc(O)c(C(=O)O)c1. The lowest BCUT2D eigenvalue weighted by Gasteiger charge is -2.20. The van der Waals surface area contributed by atoms with Gasteiger partial charge in [-0.25, -0.2) is 9.59 Å². The van der Waals surface area contributed by atoms with E-state index in [9.17, 15) is 14.7 Å². The summed E-state index contributed by atoms with van der Waals surface area (Å²) < 4.78 is 0. The molecule has 0 spiro atoms. The molecule has 0 radical (unpaired) electrons. The fourth-order valence-electron chi connectivity index (χ4n) is 1.51. The molecular weight excluding hydrogens is 252 g/mol.